The van der Waals surface area contributed by atoms with E-state index >= 15 is 0 Å². The predicted octanol–water partition coefficient (Wildman–Crippen LogP) is 1.93. The van der Waals surface area contributed by atoms with Crippen molar-refractivity contribution < 1.29 is 9.84 Å². The molecule has 1 aromatic carbocycles. The molecule has 0 aliphatic rings. The Balaban J connectivity index is 2.92. The number of aliphatic hydroxyl groups excluding tert-OH is 1. The number of hydrogen-bond acceptors (Lipinski definition) is 4. The van der Waals surface area contributed by atoms with Gasteiger partial charge in [0.2, 0.25) is 0 Å². The molecule has 0 bridgehead atoms. The van der Waals surface area contributed by atoms with Gasteiger partial charge < -0.3 is 9.84 Å². The molecule has 0 atom stereocenters. The second-order valence-electron chi connectivity index (χ2n) is 5.39. The van der Waals surface area contributed by atoms with Gasteiger partial charge in [-0.1, -0.05) is 24.3 Å². The molecule has 0 saturated heterocycles. The van der Waals surface area contributed by atoms with Crippen LogP contribution in [0.3, 0.4) is 0 Å². The first-order chi connectivity index (χ1) is 9.55. The first-order valence-electron chi connectivity index (χ1n) is 6.87. The zero-order valence-corrected chi connectivity index (χ0v) is 12.6. The molecular weight excluding hydrogens is 252 g/mol. The van der Waals surface area contributed by atoms with Crippen LogP contribution in [0.1, 0.15) is 25.0 Å². The number of nitrogens with zero attached hydrogens (tertiary/aromatic N) is 2. The molecule has 0 unspecified atom stereocenters. The fraction of sp³-hybridized carbons (Fsp3) is 0.562. The molecular formula is C16H24N2O2. The third-order valence-electron chi connectivity index (χ3n) is 3.39. The van der Waals surface area contributed by atoms with E-state index in [0.717, 1.165) is 17.7 Å². The van der Waals surface area contributed by atoms with Crippen LogP contribution in [-0.2, 0) is 16.7 Å². The lowest BCUT2D eigenvalue weighted by atomic mass is 9.83. The minimum atomic E-state index is -0.511. The lowest BCUT2D eigenvalue weighted by Gasteiger charge is -2.25. The average molecular weight is 276 g/mol. The Morgan fingerprint density at radius 3 is 2.60 bits per heavy atom. The first kappa shape index (κ1) is 16.6. The van der Waals surface area contributed by atoms with Crippen molar-refractivity contribution in [2.75, 3.05) is 33.4 Å². The van der Waals surface area contributed by atoms with E-state index in [9.17, 15) is 5.26 Å². The summed E-state index contributed by atoms with van der Waals surface area (Å²) in [5, 5.41) is 18.5. The SMILES string of the molecule is COCCN(CCO)Cc1ccccc1C(C)(C)C#N. The van der Waals surface area contributed by atoms with Gasteiger partial charge in [0, 0.05) is 26.7 Å². The molecule has 4 nitrogen and oxygen atoms in total. The van der Waals surface area contributed by atoms with Gasteiger partial charge in [-0.3, -0.25) is 4.90 Å². The van der Waals surface area contributed by atoms with E-state index < -0.39 is 5.41 Å². The maximum atomic E-state index is 9.33. The Morgan fingerprint density at radius 1 is 1.30 bits per heavy atom. The van der Waals surface area contributed by atoms with Gasteiger partial charge in [-0.05, 0) is 25.0 Å². The van der Waals surface area contributed by atoms with Gasteiger partial charge in [-0.15, -0.1) is 0 Å². The van der Waals surface area contributed by atoms with Gasteiger partial charge in [0.25, 0.3) is 0 Å². The molecule has 0 spiro atoms. The van der Waals surface area contributed by atoms with Gasteiger partial charge in [-0.25, -0.2) is 0 Å². The van der Waals surface area contributed by atoms with Crippen LogP contribution in [0.5, 0.6) is 0 Å². The maximum Gasteiger partial charge on any atom is 0.0769 e. The Morgan fingerprint density at radius 2 is 2.00 bits per heavy atom. The van der Waals surface area contributed by atoms with Gasteiger partial charge in [0.1, 0.15) is 0 Å². The summed E-state index contributed by atoms with van der Waals surface area (Å²) in [6.45, 7) is 6.68. The molecule has 0 amide bonds. The van der Waals surface area contributed by atoms with Gasteiger partial charge in [-0.2, -0.15) is 5.26 Å². The summed E-state index contributed by atoms with van der Waals surface area (Å²) < 4.78 is 5.10. The second kappa shape index (κ2) is 8.01. The maximum absolute atomic E-state index is 9.33. The highest BCUT2D eigenvalue weighted by Gasteiger charge is 2.23. The van der Waals surface area contributed by atoms with Crippen LogP contribution < -0.4 is 0 Å². The summed E-state index contributed by atoms with van der Waals surface area (Å²) in [5.41, 5.74) is 1.66. The molecule has 0 aromatic heterocycles. The Bertz CT molecular complexity index is 452. The standard InChI is InChI=1S/C16H24N2O2/c1-16(2,13-17)15-7-5-4-6-14(15)12-18(8-10-19)9-11-20-3/h4-7,19H,8-12H2,1-3H3. The molecule has 20 heavy (non-hydrogen) atoms. The van der Waals surface area contributed by atoms with Crippen molar-refractivity contribution in [1.29, 1.82) is 5.26 Å². The highest BCUT2D eigenvalue weighted by atomic mass is 16.5. The molecule has 1 aromatic rings. The van der Waals surface area contributed by atoms with Gasteiger partial charge in [0.05, 0.1) is 24.7 Å². The van der Waals surface area contributed by atoms with Crippen LogP contribution in [0.4, 0.5) is 0 Å². The quantitative estimate of drug-likeness (QED) is 0.788. The Hall–Kier alpha value is -1.41. The van der Waals surface area contributed by atoms with Crippen LogP contribution in [0.25, 0.3) is 0 Å². The third kappa shape index (κ3) is 4.61. The zero-order valence-electron chi connectivity index (χ0n) is 12.6. The van der Waals surface area contributed by atoms with Crippen molar-refractivity contribution in [1.82, 2.24) is 4.90 Å². The highest BCUT2D eigenvalue weighted by molar-refractivity contribution is 5.37. The number of nitriles is 1. The van der Waals surface area contributed by atoms with Gasteiger partial charge in [0.15, 0.2) is 0 Å². The molecule has 0 aliphatic heterocycles. The third-order valence-corrected chi connectivity index (χ3v) is 3.39. The number of ether oxygens (including phenoxy) is 1. The monoisotopic (exact) mass is 276 g/mol. The molecule has 0 aliphatic carbocycles. The van der Waals surface area contributed by atoms with E-state index in [2.05, 4.69) is 11.0 Å². The van der Waals surface area contributed by atoms with Crippen LogP contribution in [0, 0.1) is 11.3 Å². The number of aliphatic hydroxyl groups is 1. The topological polar surface area (TPSA) is 56.5 Å². The minimum Gasteiger partial charge on any atom is -0.395 e. The number of benzene rings is 1. The highest BCUT2D eigenvalue weighted by Crippen LogP contribution is 2.26. The summed E-state index contributed by atoms with van der Waals surface area (Å²) >= 11 is 0. The minimum absolute atomic E-state index is 0.119. The lowest BCUT2D eigenvalue weighted by molar-refractivity contribution is 0.126. The second-order valence-corrected chi connectivity index (χ2v) is 5.39. The smallest absolute Gasteiger partial charge is 0.0769 e. The normalized spacial score (nSPS) is 11.6. The molecule has 1 rings (SSSR count). The van der Waals surface area contributed by atoms with E-state index in [1.807, 2.05) is 38.1 Å². The van der Waals surface area contributed by atoms with Crippen molar-refractivity contribution in [3.05, 3.63) is 35.4 Å². The number of methoxy groups -OCH3 is 1. The molecule has 0 radical (unpaired) electrons. The van der Waals surface area contributed by atoms with Crippen LogP contribution in [0.2, 0.25) is 0 Å². The van der Waals surface area contributed by atoms with Crippen LogP contribution >= 0.6 is 0 Å². The molecule has 0 fully saturated rings. The average Bonchev–Trinajstić information content (AvgIpc) is 2.45. The fourth-order valence-corrected chi connectivity index (χ4v) is 2.20. The molecule has 0 heterocycles. The summed E-state index contributed by atoms with van der Waals surface area (Å²) in [6.07, 6.45) is 0. The van der Waals surface area contributed by atoms with E-state index in [1.54, 1.807) is 7.11 Å². The first-order valence-corrected chi connectivity index (χ1v) is 6.87. The predicted molar refractivity (Wildman–Crippen MR) is 79.3 cm³/mol. The molecule has 0 saturated carbocycles. The summed E-state index contributed by atoms with van der Waals surface area (Å²) in [6, 6.07) is 10.4. The molecule has 4 heteroatoms. The summed E-state index contributed by atoms with van der Waals surface area (Å²) in [7, 11) is 1.67. The van der Waals surface area contributed by atoms with E-state index in [0.29, 0.717) is 19.7 Å². The van der Waals surface area contributed by atoms with Gasteiger partial charge >= 0.3 is 0 Å². The Kier molecular flexibility index (Phi) is 6.66. The van der Waals surface area contributed by atoms with Crippen molar-refractivity contribution in [2.24, 2.45) is 0 Å². The summed E-state index contributed by atoms with van der Waals surface area (Å²) in [4.78, 5) is 2.13. The summed E-state index contributed by atoms with van der Waals surface area (Å²) in [5.74, 6) is 0. The molecule has 110 valence electrons. The van der Waals surface area contributed by atoms with Crippen LogP contribution in [0.15, 0.2) is 24.3 Å². The number of hydrogen-bond donors (Lipinski definition) is 1. The van der Waals surface area contributed by atoms with E-state index in [1.165, 1.54) is 0 Å². The number of rotatable bonds is 8. The lowest BCUT2D eigenvalue weighted by Crippen LogP contribution is -2.31. The van der Waals surface area contributed by atoms with Crippen LogP contribution in [-0.4, -0.2) is 43.4 Å². The Labute approximate surface area is 121 Å². The van der Waals surface area contributed by atoms with E-state index in [4.69, 9.17) is 9.84 Å². The zero-order chi connectivity index (χ0) is 15.0. The molecule has 1 N–H and O–H groups in total. The van der Waals surface area contributed by atoms with Crippen molar-refractivity contribution in [2.45, 2.75) is 25.8 Å². The van der Waals surface area contributed by atoms with E-state index in [-0.39, 0.29) is 6.61 Å². The van der Waals surface area contributed by atoms with Crippen molar-refractivity contribution in [3.63, 3.8) is 0 Å². The van der Waals surface area contributed by atoms with Crippen molar-refractivity contribution in [3.8, 4) is 6.07 Å². The largest absolute Gasteiger partial charge is 0.395 e. The van der Waals surface area contributed by atoms with Crippen molar-refractivity contribution >= 4 is 0 Å². The fourth-order valence-electron chi connectivity index (χ4n) is 2.20.